The van der Waals surface area contributed by atoms with Gasteiger partial charge in [-0.15, -0.1) is 0 Å². The molecule has 0 bridgehead atoms. The number of nitrogens with zero attached hydrogens (tertiary/aromatic N) is 1. The molecule has 0 aliphatic rings. The third kappa shape index (κ3) is 5.60. The predicted molar refractivity (Wildman–Crippen MR) is 85.9 cm³/mol. The predicted octanol–water partition coefficient (Wildman–Crippen LogP) is 2.47. The highest BCUT2D eigenvalue weighted by Gasteiger charge is 2.11. The number of carbonyl (C=O) groups is 2. The molecule has 1 unspecified atom stereocenters. The molecule has 0 saturated heterocycles. The third-order valence-corrected chi connectivity index (χ3v) is 3.00. The largest absolute Gasteiger partial charge is 0.477 e. The van der Waals surface area contributed by atoms with E-state index >= 15 is 0 Å². The van der Waals surface area contributed by atoms with Crippen LogP contribution in [-0.2, 0) is 11.3 Å². The molecular formula is C17H18N2O5. The molecule has 7 nitrogen and oxygen atoms in total. The minimum absolute atomic E-state index is 0.101. The zero-order valence-electron chi connectivity index (χ0n) is 13.1. The molecule has 2 aromatic rings. The fourth-order valence-electron chi connectivity index (χ4n) is 1.83. The van der Waals surface area contributed by atoms with E-state index in [2.05, 4.69) is 10.3 Å². The van der Waals surface area contributed by atoms with E-state index in [1.54, 1.807) is 13.0 Å². The molecule has 2 rings (SSSR count). The molecule has 1 amide bonds. The van der Waals surface area contributed by atoms with Crippen molar-refractivity contribution in [1.29, 1.82) is 0 Å². The summed E-state index contributed by atoms with van der Waals surface area (Å²) in [7, 11) is 0. The number of hydrogen-bond donors (Lipinski definition) is 2. The van der Waals surface area contributed by atoms with E-state index < -0.39 is 12.1 Å². The summed E-state index contributed by atoms with van der Waals surface area (Å²) in [5, 5.41) is 11.5. The quantitative estimate of drug-likeness (QED) is 0.809. The second-order valence-electron chi connectivity index (χ2n) is 5.08. The number of carboxylic acid groups (broad SMARTS) is 1. The number of amides is 1. The van der Waals surface area contributed by atoms with E-state index in [-0.39, 0.29) is 30.8 Å². The number of carboxylic acids is 1. The molecular weight excluding hydrogens is 312 g/mol. The van der Waals surface area contributed by atoms with Gasteiger partial charge in [-0.1, -0.05) is 36.4 Å². The molecule has 0 fully saturated rings. The first kappa shape index (κ1) is 17.3. The zero-order chi connectivity index (χ0) is 17.4. The molecule has 2 N–H and O–H groups in total. The Kier molecular flexibility index (Phi) is 6.13. The van der Waals surface area contributed by atoms with Crippen LogP contribution in [-0.4, -0.2) is 34.8 Å². The average molecular weight is 330 g/mol. The van der Waals surface area contributed by atoms with E-state index in [1.165, 1.54) is 12.1 Å². The van der Waals surface area contributed by atoms with Crippen molar-refractivity contribution in [3.8, 4) is 5.88 Å². The molecule has 24 heavy (non-hydrogen) atoms. The van der Waals surface area contributed by atoms with Crippen LogP contribution in [0.15, 0.2) is 48.5 Å². The molecule has 0 aliphatic heterocycles. The number of alkyl carbamates (subject to hydrolysis) is 1. The zero-order valence-corrected chi connectivity index (χ0v) is 13.1. The van der Waals surface area contributed by atoms with Gasteiger partial charge in [0.1, 0.15) is 13.2 Å². The molecule has 126 valence electrons. The van der Waals surface area contributed by atoms with Crippen molar-refractivity contribution in [3.05, 3.63) is 59.8 Å². The second kappa shape index (κ2) is 8.52. The standard InChI is InChI=1S/C17H18N2O5/c1-12(10-23-15-9-5-8-14(19-15)16(20)21)18-17(22)24-11-13-6-3-2-4-7-13/h2-9,12H,10-11H2,1H3,(H,18,22)(H,20,21). The summed E-state index contributed by atoms with van der Waals surface area (Å²) in [6.07, 6.45) is -0.554. The van der Waals surface area contributed by atoms with E-state index in [9.17, 15) is 9.59 Å². The van der Waals surface area contributed by atoms with Crippen molar-refractivity contribution >= 4 is 12.1 Å². The highest BCUT2D eigenvalue weighted by atomic mass is 16.5. The van der Waals surface area contributed by atoms with Crippen molar-refractivity contribution in [2.24, 2.45) is 0 Å². The van der Waals surface area contributed by atoms with Gasteiger partial charge < -0.3 is 19.9 Å². The van der Waals surface area contributed by atoms with Gasteiger partial charge >= 0.3 is 12.1 Å². The molecule has 1 aromatic carbocycles. The third-order valence-electron chi connectivity index (χ3n) is 3.00. The van der Waals surface area contributed by atoms with Crippen molar-refractivity contribution in [2.45, 2.75) is 19.6 Å². The fraction of sp³-hybridized carbons (Fsp3) is 0.235. The highest BCUT2D eigenvalue weighted by Crippen LogP contribution is 2.08. The van der Waals surface area contributed by atoms with Gasteiger partial charge in [-0.2, -0.15) is 0 Å². The lowest BCUT2D eigenvalue weighted by atomic mass is 10.2. The molecule has 0 saturated carbocycles. The summed E-state index contributed by atoms with van der Waals surface area (Å²) in [6.45, 7) is 2.06. The second-order valence-corrected chi connectivity index (χ2v) is 5.08. The van der Waals surface area contributed by atoms with Crippen LogP contribution in [0.4, 0.5) is 4.79 Å². The normalized spacial score (nSPS) is 11.4. The molecule has 0 spiro atoms. The number of nitrogens with one attached hydrogen (secondary N) is 1. The lowest BCUT2D eigenvalue weighted by Crippen LogP contribution is -2.37. The van der Waals surface area contributed by atoms with Gasteiger partial charge in [-0.05, 0) is 18.6 Å². The average Bonchev–Trinajstić information content (AvgIpc) is 2.59. The van der Waals surface area contributed by atoms with E-state index in [0.29, 0.717) is 0 Å². The summed E-state index contributed by atoms with van der Waals surface area (Å²) >= 11 is 0. The van der Waals surface area contributed by atoms with Gasteiger partial charge in [-0.3, -0.25) is 0 Å². The summed E-state index contributed by atoms with van der Waals surface area (Å²) in [4.78, 5) is 26.4. The van der Waals surface area contributed by atoms with E-state index in [4.69, 9.17) is 14.6 Å². The number of carbonyl (C=O) groups excluding carboxylic acids is 1. The summed E-state index contributed by atoms with van der Waals surface area (Å²) in [5.74, 6) is -0.947. The molecule has 7 heteroatoms. The monoisotopic (exact) mass is 330 g/mol. The van der Waals surface area contributed by atoms with Crippen LogP contribution in [0.2, 0.25) is 0 Å². The molecule has 1 atom stereocenters. The van der Waals surface area contributed by atoms with Gasteiger partial charge in [0.05, 0.1) is 6.04 Å². The number of pyridine rings is 1. The Labute approximate surface area is 139 Å². The Bertz CT molecular complexity index is 690. The maximum atomic E-state index is 11.7. The van der Waals surface area contributed by atoms with Gasteiger partial charge in [0, 0.05) is 6.07 Å². The van der Waals surface area contributed by atoms with Crippen LogP contribution in [0.3, 0.4) is 0 Å². The van der Waals surface area contributed by atoms with Crippen LogP contribution >= 0.6 is 0 Å². The number of hydrogen-bond acceptors (Lipinski definition) is 5. The fourth-order valence-corrected chi connectivity index (χ4v) is 1.83. The minimum Gasteiger partial charge on any atom is -0.477 e. The summed E-state index contributed by atoms with van der Waals surface area (Å²) in [5.41, 5.74) is 0.793. The highest BCUT2D eigenvalue weighted by molar-refractivity contribution is 5.85. The Morgan fingerprint density at radius 3 is 2.62 bits per heavy atom. The SMILES string of the molecule is CC(COc1cccc(C(=O)O)n1)NC(=O)OCc1ccccc1. The van der Waals surface area contributed by atoms with Crippen molar-refractivity contribution in [1.82, 2.24) is 10.3 Å². The Hall–Kier alpha value is -3.09. The first-order chi connectivity index (χ1) is 11.5. The van der Waals surface area contributed by atoms with Crippen LogP contribution in [0.5, 0.6) is 5.88 Å². The molecule has 1 heterocycles. The lowest BCUT2D eigenvalue weighted by molar-refractivity contribution is 0.0689. The minimum atomic E-state index is -1.13. The van der Waals surface area contributed by atoms with Gasteiger partial charge in [0.25, 0.3) is 0 Å². The topological polar surface area (TPSA) is 97.8 Å². The first-order valence-electron chi connectivity index (χ1n) is 7.35. The maximum absolute atomic E-state index is 11.7. The summed E-state index contributed by atoms with van der Waals surface area (Å²) in [6, 6.07) is 13.5. The van der Waals surface area contributed by atoms with Gasteiger partial charge in [0.2, 0.25) is 5.88 Å². The van der Waals surface area contributed by atoms with Crippen LogP contribution < -0.4 is 10.1 Å². The number of aromatic carboxylic acids is 1. The molecule has 0 radical (unpaired) electrons. The first-order valence-corrected chi connectivity index (χ1v) is 7.35. The number of ether oxygens (including phenoxy) is 2. The number of rotatable bonds is 7. The Balaban J connectivity index is 1.74. The van der Waals surface area contributed by atoms with Gasteiger partial charge in [0.15, 0.2) is 5.69 Å². The van der Waals surface area contributed by atoms with Crippen LogP contribution in [0.1, 0.15) is 23.0 Å². The number of aromatic nitrogens is 1. The van der Waals surface area contributed by atoms with E-state index in [1.807, 2.05) is 30.3 Å². The van der Waals surface area contributed by atoms with Crippen LogP contribution in [0.25, 0.3) is 0 Å². The van der Waals surface area contributed by atoms with E-state index in [0.717, 1.165) is 5.56 Å². The van der Waals surface area contributed by atoms with Crippen molar-refractivity contribution in [2.75, 3.05) is 6.61 Å². The lowest BCUT2D eigenvalue weighted by Gasteiger charge is -2.14. The smallest absolute Gasteiger partial charge is 0.407 e. The van der Waals surface area contributed by atoms with Crippen LogP contribution in [0, 0.1) is 0 Å². The van der Waals surface area contributed by atoms with Crippen molar-refractivity contribution < 1.29 is 24.2 Å². The maximum Gasteiger partial charge on any atom is 0.407 e. The Morgan fingerprint density at radius 1 is 1.17 bits per heavy atom. The number of benzene rings is 1. The summed E-state index contributed by atoms with van der Waals surface area (Å²) < 4.78 is 10.5. The Morgan fingerprint density at radius 2 is 1.92 bits per heavy atom. The molecule has 0 aliphatic carbocycles. The van der Waals surface area contributed by atoms with Gasteiger partial charge in [-0.25, -0.2) is 14.6 Å². The molecule has 1 aromatic heterocycles. The van der Waals surface area contributed by atoms with Crippen molar-refractivity contribution in [3.63, 3.8) is 0 Å².